The van der Waals surface area contributed by atoms with Gasteiger partial charge in [0, 0.05) is 38.7 Å². The van der Waals surface area contributed by atoms with E-state index in [0.717, 1.165) is 89.1 Å². The highest BCUT2D eigenvalue weighted by Crippen LogP contribution is 2.36. The predicted molar refractivity (Wildman–Crippen MR) is 235 cm³/mol. The smallest absolute Gasteiger partial charge is 0.160 e. The molecule has 0 aliphatic heterocycles. The molecule has 0 amide bonds. The summed E-state index contributed by atoms with van der Waals surface area (Å²) in [6.07, 6.45) is 0. The number of benzene rings is 7. The van der Waals surface area contributed by atoms with Gasteiger partial charge < -0.3 is 0 Å². The van der Waals surface area contributed by atoms with Gasteiger partial charge >= 0.3 is 0 Å². The summed E-state index contributed by atoms with van der Waals surface area (Å²) >= 11 is 0. The minimum absolute atomic E-state index is 0.695. The van der Waals surface area contributed by atoms with Gasteiger partial charge in [-0.2, -0.15) is 0 Å². The summed E-state index contributed by atoms with van der Waals surface area (Å²) in [5.41, 5.74) is 16.4. The third kappa shape index (κ3) is 6.75. The van der Waals surface area contributed by atoms with E-state index in [-0.39, 0.29) is 0 Å². The number of nitrogens with zero attached hydrogens (tertiary/aromatic N) is 4. The molecular weight excluding hydrogens is 693 g/mol. The lowest BCUT2D eigenvalue weighted by atomic mass is 9.94. The van der Waals surface area contributed by atoms with Crippen molar-refractivity contribution in [3.8, 4) is 78.5 Å². The molecule has 268 valence electrons. The lowest BCUT2D eigenvalue weighted by molar-refractivity contribution is 1.18. The molecule has 10 rings (SSSR count). The molecule has 0 fully saturated rings. The van der Waals surface area contributed by atoms with E-state index in [0.29, 0.717) is 5.82 Å². The third-order valence-electron chi connectivity index (χ3n) is 10.5. The summed E-state index contributed by atoms with van der Waals surface area (Å²) in [6.45, 7) is 2.06. The SMILES string of the molecule is Cc1cc(-c2cccc(-c3cccc(-c4cc(-c5ccc(-c6ccccc6)cc5)nc(-c5ccccc5)n4)c3)c2)c2ccc3ccc(-c4ccccc4)nc3c2n1. The van der Waals surface area contributed by atoms with E-state index in [4.69, 9.17) is 19.9 Å². The lowest BCUT2D eigenvalue weighted by Gasteiger charge is -2.13. The van der Waals surface area contributed by atoms with Gasteiger partial charge in [-0.25, -0.2) is 15.0 Å². The van der Waals surface area contributed by atoms with Crippen LogP contribution in [0.2, 0.25) is 0 Å². The molecule has 0 unspecified atom stereocenters. The Kier molecular flexibility index (Phi) is 8.69. The summed E-state index contributed by atoms with van der Waals surface area (Å²) in [5.74, 6) is 0.695. The Hall–Kier alpha value is -7.56. The molecule has 7 aromatic carbocycles. The zero-order valence-corrected chi connectivity index (χ0v) is 31.3. The van der Waals surface area contributed by atoms with Crippen LogP contribution in [-0.2, 0) is 0 Å². The Morgan fingerprint density at radius 2 is 0.807 bits per heavy atom. The van der Waals surface area contributed by atoms with E-state index in [1.54, 1.807) is 0 Å². The lowest BCUT2D eigenvalue weighted by Crippen LogP contribution is -1.96. The van der Waals surface area contributed by atoms with Gasteiger partial charge in [-0.15, -0.1) is 0 Å². The highest BCUT2D eigenvalue weighted by molar-refractivity contribution is 6.09. The first-order chi connectivity index (χ1) is 28.1. The van der Waals surface area contributed by atoms with Crippen LogP contribution in [0.1, 0.15) is 5.69 Å². The molecule has 0 radical (unpaired) electrons. The van der Waals surface area contributed by atoms with Crippen LogP contribution in [0.4, 0.5) is 0 Å². The van der Waals surface area contributed by atoms with Gasteiger partial charge in [-0.05, 0) is 70.6 Å². The van der Waals surface area contributed by atoms with Crippen LogP contribution in [0.15, 0.2) is 200 Å². The fourth-order valence-corrected chi connectivity index (χ4v) is 7.66. The second-order valence-corrected chi connectivity index (χ2v) is 14.3. The van der Waals surface area contributed by atoms with E-state index in [9.17, 15) is 0 Å². The van der Waals surface area contributed by atoms with Gasteiger partial charge in [-0.3, -0.25) is 4.98 Å². The number of pyridine rings is 2. The van der Waals surface area contributed by atoms with Crippen molar-refractivity contribution in [2.75, 3.05) is 0 Å². The second-order valence-electron chi connectivity index (χ2n) is 14.3. The molecule has 0 spiro atoms. The Balaban J connectivity index is 1.04. The van der Waals surface area contributed by atoms with Gasteiger partial charge in [0.05, 0.1) is 28.1 Å². The van der Waals surface area contributed by atoms with Crippen LogP contribution in [-0.4, -0.2) is 19.9 Å². The summed E-state index contributed by atoms with van der Waals surface area (Å²) in [4.78, 5) is 20.4. The molecular formula is C53H36N4. The molecule has 0 saturated carbocycles. The summed E-state index contributed by atoms with van der Waals surface area (Å²) in [6, 6.07) is 69.9. The molecule has 0 N–H and O–H groups in total. The standard InChI is InChI=1S/C53H36N4/c1-35-31-47(46-29-27-40-28-30-48(38-15-7-3-8-16-38)55-51(40)52(46)54-35)44-21-11-19-42(32-44)43-20-12-22-45(33-43)50-34-49(56-53(57-50)41-17-9-4-10-18-41)39-25-23-37(24-26-39)36-13-5-2-6-14-36/h2-34H,1H3. The zero-order chi connectivity index (χ0) is 38.1. The Morgan fingerprint density at radius 1 is 0.298 bits per heavy atom. The molecule has 3 heterocycles. The summed E-state index contributed by atoms with van der Waals surface area (Å²) < 4.78 is 0. The maximum Gasteiger partial charge on any atom is 0.160 e. The minimum atomic E-state index is 0.695. The van der Waals surface area contributed by atoms with Gasteiger partial charge in [0.25, 0.3) is 0 Å². The fraction of sp³-hybridized carbons (Fsp3) is 0.0189. The van der Waals surface area contributed by atoms with Crippen molar-refractivity contribution in [2.24, 2.45) is 0 Å². The summed E-state index contributed by atoms with van der Waals surface area (Å²) in [5, 5.41) is 2.15. The van der Waals surface area contributed by atoms with Crippen LogP contribution in [0.25, 0.3) is 100 Å². The first kappa shape index (κ1) is 34.0. The van der Waals surface area contributed by atoms with Crippen molar-refractivity contribution < 1.29 is 0 Å². The first-order valence-corrected chi connectivity index (χ1v) is 19.2. The van der Waals surface area contributed by atoms with E-state index in [1.807, 2.05) is 42.5 Å². The van der Waals surface area contributed by atoms with Gasteiger partial charge in [0.2, 0.25) is 0 Å². The van der Waals surface area contributed by atoms with E-state index in [1.165, 1.54) is 11.1 Å². The van der Waals surface area contributed by atoms with Crippen molar-refractivity contribution in [1.29, 1.82) is 0 Å². The van der Waals surface area contributed by atoms with Crippen LogP contribution in [0, 0.1) is 6.92 Å². The monoisotopic (exact) mass is 728 g/mol. The van der Waals surface area contributed by atoms with E-state index in [2.05, 4.69) is 165 Å². The van der Waals surface area contributed by atoms with Crippen molar-refractivity contribution >= 4 is 21.8 Å². The number of hydrogen-bond acceptors (Lipinski definition) is 4. The quantitative estimate of drug-likeness (QED) is 0.153. The molecule has 0 saturated heterocycles. The van der Waals surface area contributed by atoms with Crippen LogP contribution >= 0.6 is 0 Å². The van der Waals surface area contributed by atoms with Crippen molar-refractivity contribution in [3.05, 3.63) is 206 Å². The average Bonchev–Trinajstić information content (AvgIpc) is 3.29. The second kappa shape index (κ2) is 14.6. The number of aromatic nitrogens is 4. The predicted octanol–water partition coefficient (Wildman–Crippen LogP) is 13.6. The molecule has 3 aromatic heterocycles. The Morgan fingerprint density at radius 3 is 1.51 bits per heavy atom. The maximum absolute atomic E-state index is 5.15. The highest BCUT2D eigenvalue weighted by atomic mass is 14.9. The van der Waals surface area contributed by atoms with E-state index < -0.39 is 0 Å². The van der Waals surface area contributed by atoms with Crippen molar-refractivity contribution in [1.82, 2.24) is 19.9 Å². The molecule has 4 nitrogen and oxygen atoms in total. The van der Waals surface area contributed by atoms with Gasteiger partial charge in [0.15, 0.2) is 5.82 Å². The fourth-order valence-electron chi connectivity index (χ4n) is 7.66. The number of rotatable bonds is 7. The van der Waals surface area contributed by atoms with E-state index >= 15 is 0 Å². The summed E-state index contributed by atoms with van der Waals surface area (Å²) in [7, 11) is 0. The third-order valence-corrected chi connectivity index (χ3v) is 10.5. The molecule has 0 atom stereocenters. The van der Waals surface area contributed by atoms with Crippen LogP contribution < -0.4 is 0 Å². The zero-order valence-electron chi connectivity index (χ0n) is 31.3. The van der Waals surface area contributed by atoms with Crippen LogP contribution in [0.5, 0.6) is 0 Å². The molecule has 10 aromatic rings. The molecule has 4 heteroatoms. The van der Waals surface area contributed by atoms with Gasteiger partial charge in [-0.1, -0.05) is 170 Å². The van der Waals surface area contributed by atoms with Gasteiger partial charge in [0.1, 0.15) is 0 Å². The molecule has 0 bridgehead atoms. The molecule has 0 aliphatic carbocycles. The number of fused-ring (bicyclic) bond motifs is 3. The normalized spacial score (nSPS) is 11.2. The highest BCUT2D eigenvalue weighted by Gasteiger charge is 2.15. The van der Waals surface area contributed by atoms with Crippen LogP contribution in [0.3, 0.4) is 0 Å². The average molecular weight is 729 g/mol. The number of aryl methyl sites for hydroxylation is 1. The molecule has 57 heavy (non-hydrogen) atoms. The topological polar surface area (TPSA) is 51.6 Å². The molecule has 0 aliphatic rings. The Labute approximate surface area is 331 Å². The van der Waals surface area contributed by atoms with Crippen molar-refractivity contribution in [2.45, 2.75) is 6.92 Å². The Bertz CT molecular complexity index is 3050. The first-order valence-electron chi connectivity index (χ1n) is 19.2. The van der Waals surface area contributed by atoms with Crippen molar-refractivity contribution in [3.63, 3.8) is 0 Å². The maximum atomic E-state index is 5.15. The number of hydrogen-bond donors (Lipinski definition) is 0. The largest absolute Gasteiger partial charge is 0.251 e. The minimum Gasteiger partial charge on any atom is -0.251 e.